The van der Waals surface area contributed by atoms with Crippen LogP contribution in [0.3, 0.4) is 0 Å². The van der Waals surface area contributed by atoms with Crippen molar-refractivity contribution in [3.8, 4) is 0 Å². The van der Waals surface area contributed by atoms with Crippen LogP contribution in [0.4, 0.5) is 0 Å². The maximum atomic E-state index is 12.8. The molecule has 1 unspecified atom stereocenters. The molecule has 0 aliphatic heterocycles. The van der Waals surface area contributed by atoms with Crippen molar-refractivity contribution in [3.05, 3.63) is 97.2 Å². The summed E-state index contributed by atoms with van der Waals surface area (Å²) in [6.07, 6.45) is 90.6. The number of carbonyl (C=O) groups is 3. The number of ether oxygens (including phenoxy) is 3. The molecule has 0 aliphatic carbocycles. The first-order chi connectivity index (χ1) is 39.0. The van der Waals surface area contributed by atoms with Gasteiger partial charge in [-0.15, -0.1) is 0 Å². The van der Waals surface area contributed by atoms with Crippen LogP contribution in [0, 0.1) is 0 Å². The van der Waals surface area contributed by atoms with Gasteiger partial charge in [0.2, 0.25) is 0 Å². The molecule has 6 heteroatoms. The van der Waals surface area contributed by atoms with Crippen molar-refractivity contribution in [2.75, 3.05) is 13.2 Å². The van der Waals surface area contributed by atoms with Crippen molar-refractivity contribution >= 4 is 17.9 Å². The average Bonchev–Trinajstić information content (AvgIpc) is 3.45. The first kappa shape index (κ1) is 75.3. The van der Waals surface area contributed by atoms with E-state index in [-0.39, 0.29) is 31.1 Å². The molecule has 6 nitrogen and oxygen atoms in total. The molecule has 0 rings (SSSR count). The highest BCUT2D eigenvalue weighted by molar-refractivity contribution is 5.71. The fourth-order valence-corrected chi connectivity index (χ4v) is 9.60. The summed E-state index contributed by atoms with van der Waals surface area (Å²) < 4.78 is 16.8. The predicted octanol–water partition coefficient (Wildman–Crippen LogP) is 23.2. The summed E-state index contributed by atoms with van der Waals surface area (Å²) in [4.78, 5) is 38.0. The van der Waals surface area contributed by atoms with Crippen LogP contribution in [0.15, 0.2) is 97.2 Å². The van der Waals surface area contributed by atoms with E-state index in [4.69, 9.17) is 14.2 Å². The Kier molecular flexibility index (Phi) is 63.7. The molecule has 0 fully saturated rings. The van der Waals surface area contributed by atoms with Crippen LogP contribution in [0.2, 0.25) is 0 Å². The van der Waals surface area contributed by atoms with Gasteiger partial charge in [-0.1, -0.05) is 311 Å². The quantitative estimate of drug-likeness (QED) is 0.0261. The van der Waals surface area contributed by atoms with Crippen molar-refractivity contribution in [3.63, 3.8) is 0 Å². The molecule has 0 N–H and O–H groups in total. The standard InChI is InChI=1S/C73H126O6/c1-4-7-10-13-15-17-19-21-23-25-27-29-31-32-33-34-35-36-37-38-39-40-42-43-45-47-49-51-53-55-57-60-63-66-72(75)78-69-70(68-77-71(74)65-62-59-12-9-6-3)79-73(76)67-64-61-58-56-54-52-50-48-46-44-41-30-28-26-24-22-20-18-16-14-11-8-5-2/h7-8,10-11,15-18,21-24,27-30,70H,4-6,9,12-14,19-20,25-26,31-69H2,1-3H3/b10-7-,11-8-,17-15-,18-16-,23-21-,24-22-,29-27-,30-28-. The highest BCUT2D eigenvalue weighted by atomic mass is 16.6. The van der Waals surface area contributed by atoms with Gasteiger partial charge in [-0.05, 0) is 96.3 Å². The molecule has 0 heterocycles. The summed E-state index contributed by atoms with van der Waals surface area (Å²) in [5.41, 5.74) is 0. The second-order valence-electron chi connectivity index (χ2n) is 22.3. The van der Waals surface area contributed by atoms with Gasteiger partial charge < -0.3 is 14.2 Å². The number of hydrogen-bond donors (Lipinski definition) is 0. The van der Waals surface area contributed by atoms with Gasteiger partial charge in [-0.2, -0.15) is 0 Å². The van der Waals surface area contributed by atoms with Crippen molar-refractivity contribution in [2.24, 2.45) is 0 Å². The van der Waals surface area contributed by atoms with Crippen LogP contribution in [0.25, 0.3) is 0 Å². The summed E-state index contributed by atoms with van der Waals surface area (Å²) in [6.45, 7) is 6.36. The maximum Gasteiger partial charge on any atom is 0.306 e. The van der Waals surface area contributed by atoms with Crippen LogP contribution in [-0.2, 0) is 28.6 Å². The van der Waals surface area contributed by atoms with Crippen molar-refractivity contribution in [2.45, 2.75) is 335 Å². The molecule has 0 amide bonds. The van der Waals surface area contributed by atoms with Gasteiger partial charge in [0.15, 0.2) is 6.10 Å². The van der Waals surface area contributed by atoms with E-state index in [1.54, 1.807) is 0 Å². The Bertz CT molecular complexity index is 1540. The lowest BCUT2D eigenvalue weighted by Crippen LogP contribution is -2.30. The number of esters is 3. The molecule has 0 saturated carbocycles. The molecule has 0 aromatic rings. The third-order valence-electron chi connectivity index (χ3n) is 14.6. The molecule has 0 radical (unpaired) electrons. The van der Waals surface area contributed by atoms with Crippen molar-refractivity contribution < 1.29 is 28.6 Å². The van der Waals surface area contributed by atoms with E-state index in [1.165, 1.54) is 173 Å². The number of unbranched alkanes of at least 4 members (excludes halogenated alkanes) is 34. The van der Waals surface area contributed by atoms with Gasteiger partial charge in [0, 0.05) is 19.3 Å². The fourth-order valence-electron chi connectivity index (χ4n) is 9.60. The molecule has 0 saturated heterocycles. The Hall–Kier alpha value is -3.67. The fraction of sp³-hybridized carbons (Fsp3) is 0.740. The third kappa shape index (κ3) is 65.0. The molecule has 1 atom stereocenters. The lowest BCUT2D eigenvalue weighted by atomic mass is 10.0. The Labute approximate surface area is 489 Å². The third-order valence-corrected chi connectivity index (χ3v) is 14.6. The molecule has 0 bridgehead atoms. The Morgan fingerprint density at radius 1 is 0.266 bits per heavy atom. The summed E-state index contributed by atoms with van der Waals surface area (Å²) in [5, 5.41) is 0. The first-order valence-electron chi connectivity index (χ1n) is 33.7. The van der Waals surface area contributed by atoms with Crippen LogP contribution in [0.1, 0.15) is 329 Å². The average molecular weight is 1100 g/mol. The summed E-state index contributed by atoms with van der Waals surface area (Å²) in [7, 11) is 0. The van der Waals surface area contributed by atoms with E-state index in [2.05, 4.69) is 118 Å². The lowest BCUT2D eigenvalue weighted by Gasteiger charge is -2.18. The monoisotopic (exact) mass is 1100 g/mol. The van der Waals surface area contributed by atoms with E-state index in [0.717, 1.165) is 116 Å². The summed E-state index contributed by atoms with van der Waals surface area (Å²) in [6, 6.07) is 0. The lowest BCUT2D eigenvalue weighted by molar-refractivity contribution is -0.167. The van der Waals surface area contributed by atoms with Gasteiger partial charge in [-0.25, -0.2) is 0 Å². The molecule has 0 spiro atoms. The number of rotatable bonds is 61. The first-order valence-corrected chi connectivity index (χ1v) is 33.7. The Balaban J connectivity index is 3.95. The van der Waals surface area contributed by atoms with Crippen molar-refractivity contribution in [1.29, 1.82) is 0 Å². The topological polar surface area (TPSA) is 78.9 Å². The summed E-state index contributed by atoms with van der Waals surface area (Å²) in [5.74, 6) is -0.881. The van der Waals surface area contributed by atoms with Crippen LogP contribution in [-0.4, -0.2) is 37.2 Å². The molecule has 79 heavy (non-hydrogen) atoms. The van der Waals surface area contributed by atoms with E-state index in [1.807, 2.05) is 0 Å². The van der Waals surface area contributed by atoms with E-state index >= 15 is 0 Å². The zero-order valence-corrected chi connectivity index (χ0v) is 52.1. The van der Waals surface area contributed by atoms with Crippen LogP contribution < -0.4 is 0 Å². The smallest absolute Gasteiger partial charge is 0.306 e. The molecular formula is C73H126O6. The largest absolute Gasteiger partial charge is 0.462 e. The van der Waals surface area contributed by atoms with Gasteiger partial charge in [0.1, 0.15) is 13.2 Å². The normalized spacial score (nSPS) is 12.7. The van der Waals surface area contributed by atoms with Crippen LogP contribution in [0.5, 0.6) is 0 Å². The highest BCUT2D eigenvalue weighted by Crippen LogP contribution is 2.17. The van der Waals surface area contributed by atoms with Crippen LogP contribution >= 0.6 is 0 Å². The molecule has 0 aromatic carbocycles. The predicted molar refractivity (Wildman–Crippen MR) is 344 cm³/mol. The number of hydrogen-bond acceptors (Lipinski definition) is 6. The second kappa shape index (κ2) is 66.8. The summed E-state index contributed by atoms with van der Waals surface area (Å²) >= 11 is 0. The van der Waals surface area contributed by atoms with Gasteiger partial charge in [0.05, 0.1) is 0 Å². The Morgan fingerprint density at radius 2 is 0.494 bits per heavy atom. The zero-order chi connectivity index (χ0) is 57.1. The molecular weight excluding hydrogens is 973 g/mol. The zero-order valence-electron chi connectivity index (χ0n) is 52.1. The van der Waals surface area contributed by atoms with Gasteiger partial charge >= 0.3 is 17.9 Å². The second-order valence-corrected chi connectivity index (χ2v) is 22.3. The van der Waals surface area contributed by atoms with Crippen molar-refractivity contribution in [1.82, 2.24) is 0 Å². The number of carbonyl (C=O) groups excluding carboxylic acids is 3. The maximum absolute atomic E-state index is 12.8. The van der Waals surface area contributed by atoms with Gasteiger partial charge in [0.25, 0.3) is 0 Å². The SMILES string of the molecule is CC/C=C\C/C=C\C/C=C\C/C=C\CCCCCCCCCCCCCCCCCCCCCCC(=O)OCC(COC(=O)CCCCCCC)OC(=O)CCCCCCCCCCCC/C=C\C/C=C\C/C=C\C/C=C\CC. The minimum Gasteiger partial charge on any atom is -0.462 e. The van der Waals surface area contributed by atoms with Gasteiger partial charge in [-0.3, -0.25) is 14.4 Å². The Morgan fingerprint density at radius 3 is 0.772 bits per heavy atom. The molecule has 454 valence electrons. The minimum atomic E-state index is -0.775. The van der Waals surface area contributed by atoms with E-state index in [9.17, 15) is 14.4 Å². The van der Waals surface area contributed by atoms with E-state index in [0.29, 0.717) is 19.3 Å². The van der Waals surface area contributed by atoms with E-state index < -0.39 is 6.10 Å². The highest BCUT2D eigenvalue weighted by Gasteiger charge is 2.19. The number of allylic oxidation sites excluding steroid dienone is 16. The minimum absolute atomic E-state index is 0.0753. The molecule has 0 aromatic heterocycles. The molecule has 0 aliphatic rings.